The van der Waals surface area contributed by atoms with Gasteiger partial charge in [0.25, 0.3) is 0 Å². The molecule has 12 heteroatoms. The van der Waals surface area contributed by atoms with Gasteiger partial charge in [-0.3, -0.25) is 0 Å². The highest BCUT2D eigenvalue weighted by atomic mass is 35.5. The molecule has 320 valence electrons. The van der Waals surface area contributed by atoms with E-state index in [9.17, 15) is 18.3 Å². The third kappa shape index (κ3) is 18.9. The Hall–Kier alpha value is -4.56. The fourth-order valence-electron chi connectivity index (χ4n) is 5.75. The summed E-state index contributed by atoms with van der Waals surface area (Å²) >= 11 is 6.53. The Kier molecular flexibility index (Phi) is 24.7. The summed E-state index contributed by atoms with van der Waals surface area (Å²) in [4.78, 5) is 0. The van der Waals surface area contributed by atoms with Crippen molar-refractivity contribution in [1.29, 1.82) is 0 Å². The van der Waals surface area contributed by atoms with Crippen molar-refractivity contribution >= 4 is 11.6 Å². The summed E-state index contributed by atoms with van der Waals surface area (Å²) in [5, 5.41) is 26.4. The molecule has 59 heavy (non-hydrogen) atoms. The van der Waals surface area contributed by atoms with Crippen LogP contribution in [0.2, 0.25) is 5.02 Å². The number of halogens is 4. The van der Waals surface area contributed by atoms with Crippen LogP contribution in [0.25, 0.3) is 0 Å². The Morgan fingerprint density at radius 1 is 0.712 bits per heavy atom. The minimum absolute atomic E-state index is 0.140. The molecule has 0 aromatic heterocycles. The van der Waals surface area contributed by atoms with Gasteiger partial charge in [0, 0.05) is 18.6 Å². The van der Waals surface area contributed by atoms with Gasteiger partial charge in [-0.25, -0.2) is 0 Å². The summed E-state index contributed by atoms with van der Waals surface area (Å²) in [5.74, 6) is -0.285. The van der Waals surface area contributed by atoms with E-state index in [2.05, 4.69) is 10.5 Å². The number of rotatable bonds is 12. The molecule has 3 unspecified atom stereocenters. The van der Waals surface area contributed by atoms with Gasteiger partial charge in [0.1, 0.15) is 18.0 Å². The molecule has 1 aliphatic heterocycles. The molecule has 1 heterocycles. The summed E-state index contributed by atoms with van der Waals surface area (Å²) < 4.78 is 60.7. The topological polar surface area (TPSA) is 124 Å². The van der Waals surface area contributed by atoms with E-state index in [1.165, 1.54) is 19.2 Å². The fourth-order valence-corrected chi connectivity index (χ4v) is 5.94. The highest BCUT2D eigenvalue weighted by Gasteiger charge is 2.41. The van der Waals surface area contributed by atoms with Crippen LogP contribution in [0.1, 0.15) is 59.8 Å². The van der Waals surface area contributed by atoms with E-state index in [0.717, 1.165) is 40.5 Å². The SMILES string of the molecule is CC=CC.CN.CO.OCC1OC(c2ccc(Cl)c(Cc3ccc(OC(F)(F)F)cc3)c2)CC(OCc2ccccc2)[C@@H]1OCc1ccccc1.OCc1ccccc1. The Balaban J connectivity index is 0.000000637. The van der Waals surface area contributed by atoms with Crippen molar-refractivity contribution in [1.82, 2.24) is 0 Å². The molecule has 5 N–H and O–H groups in total. The lowest BCUT2D eigenvalue weighted by Crippen LogP contribution is -2.50. The number of nitrogens with two attached hydrogens (primary N) is 1. The Morgan fingerprint density at radius 2 is 1.22 bits per heavy atom. The standard InChI is InChI=1S/C34H32ClF3O5.C7H8O.C4H8.CH5N.CH4O/c35-29-16-13-26(18-27(29)17-23-11-14-28(15-12-23)43-34(36,37)38)30-19-31(40-21-24-7-3-1-4-8-24)33(32(20-39)42-30)41-22-25-9-5-2-6-10-25;8-6-7-4-2-1-3-5-7;1-3-4-2;2*1-2/h1-16,18,30-33,39H,17,19-22H2;1-5,8H,6H2;3-4H,1-2H3;2H2,1H3;2H,1H3/t30?,31?,32?,33-;;;;/m0..../s1. The van der Waals surface area contributed by atoms with E-state index >= 15 is 0 Å². The van der Waals surface area contributed by atoms with Crippen LogP contribution in [-0.4, -0.2) is 60.8 Å². The van der Waals surface area contributed by atoms with Gasteiger partial charge in [-0.15, -0.1) is 13.2 Å². The number of allylic oxidation sites excluding steroid dienone is 2. The van der Waals surface area contributed by atoms with Gasteiger partial charge in [-0.2, -0.15) is 0 Å². The van der Waals surface area contributed by atoms with Gasteiger partial charge in [-0.05, 0) is 78.9 Å². The zero-order valence-electron chi connectivity index (χ0n) is 34.0. The van der Waals surface area contributed by atoms with Crippen molar-refractivity contribution in [2.75, 3.05) is 20.8 Å². The summed E-state index contributed by atoms with van der Waals surface area (Å²) in [6.07, 6.45) is -1.80. The Labute approximate surface area is 351 Å². The molecule has 0 aliphatic carbocycles. The number of hydrogen-bond acceptors (Lipinski definition) is 8. The van der Waals surface area contributed by atoms with Crippen LogP contribution >= 0.6 is 11.6 Å². The molecule has 1 saturated heterocycles. The quantitative estimate of drug-likeness (QED) is 0.0917. The van der Waals surface area contributed by atoms with E-state index in [-0.39, 0.29) is 25.1 Å². The maximum atomic E-state index is 12.5. The van der Waals surface area contributed by atoms with Crippen molar-refractivity contribution in [2.45, 2.75) is 77.3 Å². The van der Waals surface area contributed by atoms with Crippen LogP contribution < -0.4 is 10.5 Å². The second-order valence-electron chi connectivity index (χ2n) is 12.7. The van der Waals surface area contributed by atoms with E-state index in [1.807, 2.05) is 129 Å². The van der Waals surface area contributed by atoms with Gasteiger partial charge >= 0.3 is 6.36 Å². The molecule has 8 nitrogen and oxygen atoms in total. The van der Waals surface area contributed by atoms with Crippen molar-refractivity contribution < 1.29 is 47.4 Å². The third-order valence-corrected chi connectivity index (χ3v) is 9.01. The van der Waals surface area contributed by atoms with Gasteiger partial charge in [-0.1, -0.05) is 139 Å². The molecule has 1 fully saturated rings. The lowest BCUT2D eigenvalue weighted by atomic mass is 9.92. The lowest BCUT2D eigenvalue weighted by molar-refractivity contribution is -0.274. The van der Waals surface area contributed by atoms with Gasteiger partial charge in [0.05, 0.1) is 38.6 Å². The molecule has 1 aliphatic rings. The number of alkyl halides is 3. The smallest absolute Gasteiger partial charge is 0.406 e. The zero-order chi connectivity index (χ0) is 43.5. The fraction of sp³-hybridized carbons (Fsp3) is 0.319. The minimum atomic E-state index is -4.75. The summed E-state index contributed by atoms with van der Waals surface area (Å²) in [6, 6.07) is 40.5. The van der Waals surface area contributed by atoms with Crippen molar-refractivity contribution in [2.24, 2.45) is 5.73 Å². The third-order valence-electron chi connectivity index (χ3n) is 8.64. The van der Waals surface area contributed by atoms with Crippen LogP contribution in [0, 0.1) is 0 Å². The van der Waals surface area contributed by atoms with Crippen LogP contribution in [0.15, 0.2) is 146 Å². The number of hydrogen-bond donors (Lipinski definition) is 4. The first kappa shape index (κ1) is 50.6. The molecule has 0 radical (unpaired) electrons. The first-order valence-electron chi connectivity index (χ1n) is 19.1. The van der Waals surface area contributed by atoms with Crippen molar-refractivity contribution in [3.8, 4) is 5.75 Å². The van der Waals surface area contributed by atoms with Gasteiger partial charge in [0.15, 0.2) is 0 Å². The first-order valence-corrected chi connectivity index (χ1v) is 19.4. The normalized spacial score (nSPS) is 17.1. The Morgan fingerprint density at radius 3 is 1.68 bits per heavy atom. The van der Waals surface area contributed by atoms with Crippen molar-refractivity contribution in [3.05, 3.63) is 184 Å². The van der Waals surface area contributed by atoms with Crippen molar-refractivity contribution in [3.63, 3.8) is 0 Å². The second kappa shape index (κ2) is 28.8. The molecule has 5 aromatic carbocycles. The number of ether oxygens (including phenoxy) is 4. The highest BCUT2D eigenvalue weighted by molar-refractivity contribution is 6.31. The predicted molar refractivity (Wildman–Crippen MR) is 228 cm³/mol. The maximum Gasteiger partial charge on any atom is 0.573 e. The molecule has 0 saturated carbocycles. The largest absolute Gasteiger partial charge is 0.573 e. The molecular weight excluding hydrogens is 783 g/mol. The summed E-state index contributed by atoms with van der Waals surface area (Å²) in [6.45, 7) is 4.61. The maximum absolute atomic E-state index is 12.5. The minimum Gasteiger partial charge on any atom is -0.406 e. The number of aliphatic hydroxyl groups excluding tert-OH is 3. The number of benzene rings is 5. The van der Waals surface area contributed by atoms with E-state index in [4.69, 9.17) is 36.0 Å². The van der Waals surface area contributed by atoms with Crippen LogP contribution in [-0.2, 0) is 40.5 Å². The molecule has 0 amide bonds. The van der Waals surface area contributed by atoms with Crippen LogP contribution in [0.3, 0.4) is 0 Å². The lowest BCUT2D eigenvalue weighted by Gasteiger charge is -2.41. The molecule has 6 rings (SSSR count). The molecule has 0 bridgehead atoms. The highest BCUT2D eigenvalue weighted by Crippen LogP contribution is 2.37. The van der Waals surface area contributed by atoms with Crippen LogP contribution in [0.5, 0.6) is 5.75 Å². The molecule has 4 atom stereocenters. The average molecular weight is 840 g/mol. The van der Waals surface area contributed by atoms with E-state index in [0.29, 0.717) is 31.1 Å². The second-order valence-corrected chi connectivity index (χ2v) is 13.1. The number of aliphatic hydroxyl groups is 3. The van der Waals surface area contributed by atoms with E-state index in [1.54, 1.807) is 18.2 Å². The first-order chi connectivity index (χ1) is 28.6. The zero-order valence-corrected chi connectivity index (χ0v) is 34.7. The predicted octanol–water partition coefficient (Wildman–Crippen LogP) is 9.77. The van der Waals surface area contributed by atoms with Crippen LogP contribution in [0.4, 0.5) is 13.2 Å². The van der Waals surface area contributed by atoms with Gasteiger partial charge < -0.3 is 40.0 Å². The average Bonchev–Trinajstić information content (AvgIpc) is 3.28. The molecular formula is C47H57ClF3NO7. The molecule has 5 aromatic rings. The summed E-state index contributed by atoms with van der Waals surface area (Å²) in [7, 11) is 2.50. The van der Waals surface area contributed by atoms with Gasteiger partial charge in [0.2, 0.25) is 0 Å². The monoisotopic (exact) mass is 839 g/mol. The van der Waals surface area contributed by atoms with E-state index < -0.39 is 24.7 Å². The Bertz CT molecular complexity index is 1830. The molecule has 0 spiro atoms. The summed E-state index contributed by atoms with van der Waals surface area (Å²) in [5.41, 5.74) is 9.90.